The Hall–Kier alpha value is -2.34. The average Bonchev–Trinajstić information content (AvgIpc) is 2.99. The Bertz CT molecular complexity index is 837. The molecule has 2 aliphatic rings. The maximum absolute atomic E-state index is 12.1. The largest absolute Gasteiger partial charge is 0.434 e. The van der Waals surface area contributed by atoms with Crippen LogP contribution in [0, 0.1) is 6.92 Å². The number of benzene rings is 1. The molecule has 0 saturated carbocycles. The molecule has 1 aliphatic carbocycles. The number of aryl methyl sites for hydroxylation is 2. The van der Waals surface area contributed by atoms with Gasteiger partial charge in [-0.05, 0) is 49.3 Å². The quantitative estimate of drug-likeness (QED) is 0.830. The Morgan fingerprint density at radius 2 is 2.04 bits per heavy atom. The van der Waals surface area contributed by atoms with E-state index in [0.717, 1.165) is 37.0 Å². The minimum atomic E-state index is -0.421. The van der Waals surface area contributed by atoms with Crippen molar-refractivity contribution in [3.63, 3.8) is 0 Å². The number of rotatable bonds is 3. The standard InChI is InChI=1S/C18H18ClN3O3/c1-11-6-7-12-4-2-5-13(12)16(11)25-17-14(10-15(19)20-21-17)24-18(23)22-8-3-9-22/h6-7,10H,2-5,8-9H2,1H3. The Kier molecular flexibility index (Phi) is 4.21. The molecule has 130 valence electrons. The second-order valence-electron chi connectivity index (χ2n) is 6.35. The van der Waals surface area contributed by atoms with Crippen molar-refractivity contribution in [2.45, 2.75) is 32.6 Å². The van der Waals surface area contributed by atoms with Crippen molar-refractivity contribution in [1.29, 1.82) is 0 Å². The van der Waals surface area contributed by atoms with Crippen molar-refractivity contribution < 1.29 is 14.3 Å². The lowest BCUT2D eigenvalue weighted by molar-refractivity contribution is 0.123. The number of ether oxygens (including phenoxy) is 2. The Labute approximate surface area is 150 Å². The highest BCUT2D eigenvalue weighted by Gasteiger charge is 2.25. The zero-order valence-electron chi connectivity index (χ0n) is 13.9. The van der Waals surface area contributed by atoms with E-state index in [0.29, 0.717) is 13.1 Å². The highest BCUT2D eigenvalue weighted by Crippen LogP contribution is 2.38. The van der Waals surface area contributed by atoms with Gasteiger partial charge in [0.05, 0.1) is 0 Å². The third-order valence-electron chi connectivity index (χ3n) is 4.63. The summed E-state index contributed by atoms with van der Waals surface area (Å²) in [5.74, 6) is 1.11. The molecule has 0 bridgehead atoms. The zero-order chi connectivity index (χ0) is 17.4. The second-order valence-corrected chi connectivity index (χ2v) is 6.74. The number of halogens is 1. The molecule has 25 heavy (non-hydrogen) atoms. The van der Waals surface area contributed by atoms with Crippen LogP contribution in [0.3, 0.4) is 0 Å². The molecule has 1 saturated heterocycles. The van der Waals surface area contributed by atoms with Gasteiger partial charge >= 0.3 is 6.09 Å². The summed E-state index contributed by atoms with van der Waals surface area (Å²) in [5.41, 5.74) is 3.50. The number of carbonyl (C=O) groups excluding carboxylic acids is 1. The van der Waals surface area contributed by atoms with E-state index in [1.807, 2.05) is 13.0 Å². The SMILES string of the molecule is Cc1ccc2c(c1Oc1nnc(Cl)cc1OC(=O)N1CCC1)CCC2. The van der Waals surface area contributed by atoms with Gasteiger partial charge in [0.25, 0.3) is 5.88 Å². The van der Waals surface area contributed by atoms with Crippen LogP contribution in [0.5, 0.6) is 17.4 Å². The van der Waals surface area contributed by atoms with Crippen LogP contribution in [0.1, 0.15) is 29.5 Å². The summed E-state index contributed by atoms with van der Waals surface area (Å²) in [5, 5.41) is 7.97. The molecule has 4 rings (SSSR count). The van der Waals surface area contributed by atoms with Crippen molar-refractivity contribution >= 4 is 17.7 Å². The lowest BCUT2D eigenvalue weighted by atomic mass is 10.1. The number of amides is 1. The van der Waals surface area contributed by atoms with E-state index >= 15 is 0 Å². The number of aromatic nitrogens is 2. The molecular weight excluding hydrogens is 342 g/mol. The predicted molar refractivity (Wildman–Crippen MR) is 92.5 cm³/mol. The fraction of sp³-hybridized carbons (Fsp3) is 0.389. The molecular formula is C18H18ClN3O3. The van der Waals surface area contributed by atoms with Crippen LogP contribution in [-0.4, -0.2) is 34.3 Å². The monoisotopic (exact) mass is 359 g/mol. The fourth-order valence-electron chi connectivity index (χ4n) is 3.13. The van der Waals surface area contributed by atoms with E-state index in [1.165, 1.54) is 17.2 Å². The van der Waals surface area contributed by atoms with Crippen molar-refractivity contribution in [3.05, 3.63) is 40.0 Å². The summed E-state index contributed by atoms with van der Waals surface area (Å²) in [6, 6.07) is 5.64. The summed E-state index contributed by atoms with van der Waals surface area (Å²) < 4.78 is 11.5. The van der Waals surface area contributed by atoms with Gasteiger partial charge in [0, 0.05) is 19.2 Å². The van der Waals surface area contributed by atoms with Gasteiger partial charge in [-0.1, -0.05) is 23.7 Å². The van der Waals surface area contributed by atoms with Crippen molar-refractivity contribution in [3.8, 4) is 17.4 Å². The van der Waals surface area contributed by atoms with Crippen molar-refractivity contribution in [2.75, 3.05) is 13.1 Å². The number of hydrogen-bond acceptors (Lipinski definition) is 5. The highest BCUT2D eigenvalue weighted by atomic mass is 35.5. The lowest BCUT2D eigenvalue weighted by Gasteiger charge is -2.29. The first-order valence-corrected chi connectivity index (χ1v) is 8.79. The number of hydrogen-bond donors (Lipinski definition) is 0. The van der Waals surface area contributed by atoms with E-state index in [4.69, 9.17) is 21.1 Å². The van der Waals surface area contributed by atoms with Gasteiger partial charge in [0.1, 0.15) is 5.75 Å². The minimum Gasteiger partial charge on any atom is -0.434 e. The molecule has 1 fully saturated rings. The Morgan fingerprint density at radius 1 is 1.20 bits per heavy atom. The van der Waals surface area contributed by atoms with Gasteiger partial charge in [-0.15, -0.1) is 10.2 Å². The molecule has 1 aliphatic heterocycles. The van der Waals surface area contributed by atoms with Gasteiger partial charge in [-0.3, -0.25) is 0 Å². The van der Waals surface area contributed by atoms with Crippen molar-refractivity contribution in [2.24, 2.45) is 0 Å². The van der Waals surface area contributed by atoms with Gasteiger partial charge < -0.3 is 14.4 Å². The normalized spacial score (nSPS) is 15.5. The maximum atomic E-state index is 12.1. The van der Waals surface area contributed by atoms with Crippen LogP contribution in [0.15, 0.2) is 18.2 Å². The summed E-state index contributed by atoms with van der Waals surface area (Å²) in [4.78, 5) is 13.7. The Morgan fingerprint density at radius 3 is 2.80 bits per heavy atom. The maximum Gasteiger partial charge on any atom is 0.415 e. The van der Waals surface area contributed by atoms with Gasteiger partial charge in [0.15, 0.2) is 10.9 Å². The second kappa shape index (κ2) is 6.52. The van der Waals surface area contributed by atoms with Crippen LogP contribution in [0.2, 0.25) is 5.15 Å². The lowest BCUT2D eigenvalue weighted by Crippen LogP contribution is -2.43. The van der Waals surface area contributed by atoms with Crippen molar-refractivity contribution in [1.82, 2.24) is 15.1 Å². The molecule has 0 radical (unpaired) electrons. The molecule has 0 unspecified atom stereocenters. The molecule has 0 spiro atoms. The highest BCUT2D eigenvalue weighted by molar-refractivity contribution is 6.29. The summed E-state index contributed by atoms with van der Waals surface area (Å²) in [6.07, 6.45) is 3.70. The molecule has 1 amide bonds. The summed E-state index contributed by atoms with van der Waals surface area (Å²) in [6.45, 7) is 3.39. The van der Waals surface area contributed by atoms with Crippen LogP contribution in [0.25, 0.3) is 0 Å². The molecule has 1 aromatic heterocycles. The summed E-state index contributed by atoms with van der Waals surface area (Å²) in [7, 11) is 0. The van der Waals surface area contributed by atoms with E-state index in [9.17, 15) is 4.79 Å². The van der Waals surface area contributed by atoms with E-state index < -0.39 is 6.09 Å². The van der Waals surface area contributed by atoms with Gasteiger partial charge in [-0.25, -0.2) is 4.79 Å². The smallest absolute Gasteiger partial charge is 0.415 e. The number of likely N-dealkylation sites (tertiary alicyclic amines) is 1. The van der Waals surface area contributed by atoms with Crippen LogP contribution < -0.4 is 9.47 Å². The van der Waals surface area contributed by atoms with E-state index in [1.54, 1.807) is 4.90 Å². The van der Waals surface area contributed by atoms with Crippen LogP contribution >= 0.6 is 11.6 Å². The first-order valence-electron chi connectivity index (χ1n) is 8.41. The van der Waals surface area contributed by atoms with E-state index in [2.05, 4.69) is 16.3 Å². The first kappa shape index (κ1) is 16.1. The molecule has 0 N–H and O–H groups in total. The third kappa shape index (κ3) is 3.14. The van der Waals surface area contributed by atoms with Gasteiger partial charge in [-0.2, -0.15) is 0 Å². The van der Waals surface area contributed by atoms with Crippen LogP contribution in [-0.2, 0) is 12.8 Å². The average molecular weight is 360 g/mol. The number of carbonyl (C=O) groups is 1. The molecule has 2 aromatic rings. The molecule has 6 nitrogen and oxygen atoms in total. The van der Waals surface area contributed by atoms with E-state index in [-0.39, 0.29) is 16.8 Å². The number of fused-ring (bicyclic) bond motifs is 1. The molecule has 2 heterocycles. The Balaban J connectivity index is 1.65. The molecule has 7 heteroatoms. The van der Waals surface area contributed by atoms with Gasteiger partial charge in [0.2, 0.25) is 0 Å². The summed E-state index contributed by atoms with van der Waals surface area (Å²) >= 11 is 5.92. The topological polar surface area (TPSA) is 64.6 Å². The predicted octanol–water partition coefficient (Wildman–Crippen LogP) is 3.92. The van der Waals surface area contributed by atoms with Crippen LogP contribution in [0.4, 0.5) is 4.79 Å². The zero-order valence-corrected chi connectivity index (χ0v) is 14.7. The molecule has 1 aromatic carbocycles. The fourth-order valence-corrected chi connectivity index (χ4v) is 3.27. The molecule has 0 atom stereocenters. The third-order valence-corrected chi connectivity index (χ3v) is 4.82. The minimum absolute atomic E-state index is 0.147. The number of nitrogens with zero attached hydrogens (tertiary/aromatic N) is 3. The first-order chi connectivity index (χ1) is 12.1.